The number of carboxylic acids is 1. The van der Waals surface area contributed by atoms with Crippen LogP contribution in [0.3, 0.4) is 0 Å². The molecular formula is C19H38NNaO2. The molecule has 4 heteroatoms. The fraction of sp³-hybridized carbons (Fsp3) is 0.947. The summed E-state index contributed by atoms with van der Waals surface area (Å²) in [5.74, 6) is -1.01. The quantitative estimate of drug-likeness (QED) is 0.321. The molecule has 1 unspecified atom stereocenters. The molecule has 0 spiro atoms. The molecule has 0 amide bonds. The first kappa shape index (κ1) is 25.7. The van der Waals surface area contributed by atoms with Gasteiger partial charge in [0.2, 0.25) is 0 Å². The number of unbranched alkanes of at least 4 members (excludes halogenated alkanes) is 13. The van der Waals surface area contributed by atoms with E-state index in [-0.39, 0.29) is 29.6 Å². The van der Waals surface area contributed by atoms with Crippen LogP contribution in [0.4, 0.5) is 0 Å². The van der Waals surface area contributed by atoms with E-state index < -0.39 is 12.0 Å². The first-order valence-corrected chi connectivity index (χ1v) is 9.62. The van der Waals surface area contributed by atoms with Crippen LogP contribution in [-0.2, 0) is 4.79 Å². The Morgan fingerprint density at radius 2 is 1.13 bits per heavy atom. The van der Waals surface area contributed by atoms with Crippen molar-refractivity contribution < 1.29 is 39.5 Å². The number of carboxylic acid groups (broad SMARTS) is 1. The van der Waals surface area contributed by atoms with Crippen LogP contribution in [0.15, 0.2) is 0 Å². The molecule has 0 aromatic rings. The summed E-state index contributed by atoms with van der Waals surface area (Å²) in [6.45, 7) is 4.69. The Hall–Kier alpha value is 0.430. The summed E-state index contributed by atoms with van der Waals surface area (Å²) in [6, 6.07) is -0.526. The molecule has 3 nitrogen and oxygen atoms in total. The first-order chi connectivity index (χ1) is 10.7. The van der Waals surface area contributed by atoms with Crippen molar-refractivity contribution in [2.75, 3.05) is 6.54 Å². The molecular weight excluding hydrogens is 297 g/mol. The van der Waals surface area contributed by atoms with Gasteiger partial charge in [0.05, 0.1) is 5.97 Å². The second-order valence-electron chi connectivity index (χ2n) is 6.59. The number of hydrogen-bond donors (Lipinski definition) is 1. The van der Waals surface area contributed by atoms with E-state index in [1.54, 1.807) is 6.92 Å². The van der Waals surface area contributed by atoms with E-state index in [4.69, 9.17) is 0 Å². The summed E-state index contributed by atoms with van der Waals surface area (Å²) in [6.07, 6.45) is 18.9. The van der Waals surface area contributed by atoms with Gasteiger partial charge in [-0.15, -0.1) is 0 Å². The Balaban J connectivity index is 0. The number of hydrogen-bond acceptors (Lipinski definition) is 3. The smallest absolute Gasteiger partial charge is 0.548 e. The summed E-state index contributed by atoms with van der Waals surface area (Å²) in [7, 11) is 0. The Bertz CT molecular complexity index is 250. The molecule has 1 atom stereocenters. The van der Waals surface area contributed by atoms with Crippen molar-refractivity contribution in [3.63, 3.8) is 0 Å². The third-order valence-corrected chi connectivity index (χ3v) is 4.33. The molecule has 1 N–H and O–H groups in total. The van der Waals surface area contributed by atoms with Crippen molar-refractivity contribution in [2.45, 2.75) is 110 Å². The standard InChI is InChI=1S/C19H39NO2.Na/c1-3-4-5-6-7-8-9-10-11-12-13-14-15-16-17-20-18(2)19(21)22;/h18,20H,3-17H2,1-2H3,(H,21,22);/q;+1/p-1. The van der Waals surface area contributed by atoms with Gasteiger partial charge >= 0.3 is 29.6 Å². The van der Waals surface area contributed by atoms with Gasteiger partial charge in [0.25, 0.3) is 0 Å². The van der Waals surface area contributed by atoms with E-state index in [0.717, 1.165) is 13.0 Å². The molecule has 0 rings (SSSR count). The van der Waals surface area contributed by atoms with Gasteiger partial charge in [-0.2, -0.15) is 0 Å². The summed E-state index contributed by atoms with van der Waals surface area (Å²) >= 11 is 0. The molecule has 23 heavy (non-hydrogen) atoms. The van der Waals surface area contributed by atoms with Gasteiger partial charge in [0, 0.05) is 6.04 Å². The van der Waals surface area contributed by atoms with Gasteiger partial charge in [0.1, 0.15) is 0 Å². The molecule has 0 saturated heterocycles. The number of rotatable bonds is 17. The van der Waals surface area contributed by atoms with E-state index >= 15 is 0 Å². The van der Waals surface area contributed by atoms with Crippen LogP contribution in [0.25, 0.3) is 0 Å². The average molecular weight is 336 g/mol. The molecule has 0 radical (unpaired) electrons. The van der Waals surface area contributed by atoms with Gasteiger partial charge < -0.3 is 15.2 Å². The topological polar surface area (TPSA) is 52.2 Å². The van der Waals surface area contributed by atoms with Crippen LogP contribution in [0.5, 0.6) is 0 Å². The Kier molecular flexibility index (Phi) is 22.8. The average Bonchev–Trinajstić information content (AvgIpc) is 2.50. The van der Waals surface area contributed by atoms with Crippen molar-refractivity contribution >= 4 is 5.97 Å². The van der Waals surface area contributed by atoms with E-state index in [0.29, 0.717) is 0 Å². The van der Waals surface area contributed by atoms with Crippen molar-refractivity contribution in [3.8, 4) is 0 Å². The van der Waals surface area contributed by atoms with Crippen LogP contribution < -0.4 is 40.0 Å². The SMILES string of the molecule is CCCCCCCCCCCCCCCCNC(C)C(=O)[O-].[Na+]. The molecule has 132 valence electrons. The van der Waals surface area contributed by atoms with Crippen LogP contribution in [0.2, 0.25) is 0 Å². The zero-order valence-corrected chi connectivity index (χ0v) is 18.0. The predicted molar refractivity (Wildman–Crippen MR) is 92.8 cm³/mol. The normalized spacial score (nSPS) is 11.9. The first-order valence-electron chi connectivity index (χ1n) is 9.62. The zero-order chi connectivity index (χ0) is 16.5. The van der Waals surface area contributed by atoms with Crippen molar-refractivity contribution in [2.24, 2.45) is 0 Å². The molecule has 0 fully saturated rings. The zero-order valence-electron chi connectivity index (χ0n) is 16.0. The molecule has 0 aliphatic heterocycles. The Morgan fingerprint density at radius 1 is 0.783 bits per heavy atom. The second-order valence-corrected chi connectivity index (χ2v) is 6.59. The van der Waals surface area contributed by atoms with Crippen LogP contribution in [0, 0.1) is 0 Å². The summed E-state index contributed by atoms with van der Waals surface area (Å²) in [4.78, 5) is 10.5. The maximum atomic E-state index is 10.5. The molecule has 0 heterocycles. The predicted octanol–water partition coefficient (Wildman–Crippen LogP) is 1.20. The number of carbonyl (C=O) groups is 1. The minimum absolute atomic E-state index is 0. The van der Waals surface area contributed by atoms with Crippen LogP contribution in [-0.4, -0.2) is 18.6 Å². The fourth-order valence-electron chi connectivity index (χ4n) is 2.72. The minimum Gasteiger partial charge on any atom is -0.548 e. The van der Waals surface area contributed by atoms with Gasteiger partial charge in [0.15, 0.2) is 0 Å². The van der Waals surface area contributed by atoms with Crippen molar-refractivity contribution in [1.29, 1.82) is 0 Å². The summed E-state index contributed by atoms with van der Waals surface area (Å²) in [5.41, 5.74) is 0. The maximum absolute atomic E-state index is 10.5. The molecule has 0 aromatic carbocycles. The van der Waals surface area contributed by atoms with Gasteiger partial charge in [-0.3, -0.25) is 0 Å². The summed E-state index contributed by atoms with van der Waals surface area (Å²) < 4.78 is 0. The van der Waals surface area contributed by atoms with E-state index in [9.17, 15) is 9.90 Å². The molecule has 0 saturated carbocycles. The van der Waals surface area contributed by atoms with E-state index in [2.05, 4.69) is 12.2 Å². The number of carbonyl (C=O) groups excluding carboxylic acids is 1. The monoisotopic (exact) mass is 335 g/mol. The third kappa shape index (κ3) is 20.4. The molecule has 0 aliphatic carbocycles. The Labute approximate surface area is 166 Å². The van der Waals surface area contributed by atoms with Gasteiger partial charge in [-0.1, -0.05) is 90.4 Å². The van der Waals surface area contributed by atoms with Crippen LogP contribution >= 0.6 is 0 Å². The largest absolute Gasteiger partial charge is 1.00 e. The van der Waals surface area contributed by atoms with Gasteiger partial charge in [-0.25, -0.2) is 0 Å². The Morgan fingerprint density at radius 3 is 1.48 bits per heavy atom. The minimum atomic E-state index is -1.01. The third-order valence-electron chi connectivity index (χ3n) is 4.33. The van der Waals surface area contributed by atoms with Crippen molar-refractivity contribution in [1.82, 2.24) is 5.32 Å². The van der Waals surface area contributed by atoms with Crippen molar-refractivity contribution in [3.05, 3.63) is 0 Å². The number of aliphatic carboxylic acids is 1. The van der Waals surface area contributed by atoms with Crippen LogP contribution in [0.1, 0.15) is 104 Å². The maximum Gasteiger partial charge on any atom is 1.00 e. The van der Waals surface area contributed by atoms with E-state index in [1.165, 1.54) is 83.5 Å². The number of nitrogens with one attached hydrogen (secondary N) is 1. The molecule has 0 aliphatic rings. The fourth-order valence-corrected chi connectivity index (χ4v) is 2.72. The van der Waals surface area contributed by atoms with Gasteiger partial charge in [-0.05, 0) is 19.9 Å². The summed E-state index contributed by atoms with van der Waals surface area (Å²) in [5, 5.41) is 13.5. The van der Waals surface area contributed by atoms with E-state index in [1.807, 2.05) is 0 Å². The second kappa shape index (κ2) is 20.5. The molecule has 0 bridgehead atoms. The molecule has 0 aromatic heterocycles.